The van der Waals surface area contributed by atoms with E-state index in [0.717, 1.165) is 25.8 Å². The minimum atomic E-state index is -0.0255. The fourth-order valence-corrected chi connectivity index (χ4v) is 0.735. The van der Waals surface area contributed by atoms with Crippen LogP contribution in [0, 0.1) is 6.42 Å². The summed E-state index contributed by atoms with van der Waals surface area (Å²) in [5.74, 6) is -0.0255. The van der Waals surface area contributed by atoms with Crippen LogP contribution < -0.4 is 5.32 Å². The van der Waals surface area contributed by atoms with Gasteiger partial charge in [0.25, 0.3) is 0 Å². The third kappa shape index (κ3) is 1.52. The van der Waals surface area contributed by atoms with Gasteiger partial charge in [0.15, 0.2) is 0 Å². The summed E-state index contributed by atoms with van der Waals surface area (Å²) in [4.78, 5) is 10.5. The molecule has 1 amide bonds. The Labute approximate surface area is 49.3 Å². The van der Waals surface area contributed by atoms with E-state index in [1.165, 1.54) is 0 Å². The van der Waals surface area contributed by atoms with E-state index in [1.54, 1.807) is 6.42 Å². The van der Waals surface area contributed by atoms with Gasteiger partial charge in [-0.25, -0.2) is 0 Å². The standard InChI is InChI=1S/C6H9NO/c8-6-4-2-1-3-5-7-6/h4H,1-3,5H2. The van der Waals surface area contributed by atoms with E-state index < -0.39 is 0 Å². The molecule has 1 heterocycles. The zero-order valence-electron chi connectivity index (χ0n) is 4.76. The molecule has 0 saturated carbocycles. The van der Waals surface area contributed by atoms with Crippen LogP contribution in [0.15, 0.2) is 0 Å². The molecule has 0 spiro atoms. The van der Waals surface area contributed by atoms with E-state index in [4.69, 9.17) is 0 Å². The predicted octanol–water partition coefficient (Wildman–Crippen LogP) is 0.506. The second-order valence-electron chi connectivity index (χ2n) is 1.92. The first-order chi connectivity index (χ1) is 3.89. The lowest BCUT2D eigenvalue weighted by Gasteiger charge is -1.88. The van der Waals surface area contributed by atoms with Crippen LogP contribution in [0.5, 0.6) is 0 Å². The summed E-state index contributed by atoms with van der Waals surface area (Å²) in [6, 6.07) is 0. The summed E-state index contributed by atoms with van der Waals surface area (Å²) in [6.45, 7) is 0.731. The van der Waals surface area contributed by atoms with E-state index in [2.05, 4.69) is 5.32 Å². The van der Waals surface area contributed by atoms with E-state index in [1.807, 2.05) is 0 Å². The molecular weight excluding hydrogens is 102 g/mol. The number of nitrogens with zero attached hydrogens (tertiary/aromatic N) is 1. The highest BCUT2D eigenvalue weighted by Gasteiger charge is 2.05. The molecule has 2 nitrogen and oxygen atoms in total. The second kappa shape index (κ2) is 2.70. The van der Waals surface area contributed by atoms with Crippen molar-refractivity contribution in [1.82, 2.24) is 5.32 Å². The van der Waals surface area contributed by atoms with E-state index in [9.17, 15) is 4.79 Å². The van der Waals surface area contributed by atoms with Crippen molar-refractivity contribution >= 4 is 5.91 Å². The van der Waals surface area contributed by atoms with Crippen molar-refractivity contribution < 1.29 is 4.79 Å². The molecule has 0 atom stereocenters. The lowest BCUT2D eigenvalue weighted by atomic mass is 10.2. The number of rotatable bonds is 0. The van der Waals surface area contributed by atoms with Gasteiger partial charge >= 0.3 is 0 Å². The Kier molecular flexibility index (Phi) is 1.89. The third-order valence-electron chi connectivity index (χ3n) is 1.20. The van der Waals surface area contributed by atoms with E-state index in [0.29, 0.717) is 0 Å². The average molecular weight is 111 g/mol. The Morgan fingerprint density at radius 2 is 2.38 bits per heavy atom. The molecule has 0 aliphatic carbocycles. The maximum absolute atomic E-state index is 10.5. The number of hydrogen-bond acceptors (Lipinski definition) is 1. The molecule has 2 radical (unpaired) electrons. The van der Waals surface area contributed by atoms with Gasteiger partial charge in [-0.2, -0.15) is 0 Å². The summed E-state index contributed by atoms with van der Waals surface area (Å²) < 4.78 is 0. The van der Waals surface area contributed by atoms with Crippen LogP contribution >= 0.6 is 0 Å². The van der Waals surface area contributed by atoms with Gasteiger partial charge in [-0.1, -0.05) is 6.42 Å². The summed E-state index contributed by atoms with van der Waals surface area (Å²) >= 11 is 0. The SMILES string of the molecule is O=C1[CH]CCCC[N]1. The van der Waals surface area contributed by atoms with Crippen molar-refractivity contribution in [2.45, 2.75) is 19.3 Å². The lowest BCUT2D eigenvalue weighted by molar-refractivity contribution is -0.118. The van der Waals surface area contributed by atoms with Gasteiger partial charge in [-0.15, -0.1) is 0 Å². The van der Waals surface area contributed by atoms with Crippen LogP contribution in [-0.4, -0.2) is 12.5 Å². The molecule has 0 unspecified atom stereocenters. The fourth-order valence-electron chi connectivity index (χ4n) is 0.735. The Morgan fingerprint density at radius 1 is 1.50 bits per heavy atom. The molecule has 0 aromatic heterocycles. The van der Waals surface area contributed by atoms with Gasteiger partial charge in [0, 0.05) is 6.54 Å². The number of amides is 1. The molecule has 44 valence electrons. The molecule has 0 aromatic carbocycles. The van der Waals surface area contributed by atoms with Crippen LogP contribution in [0.25, 0.3) is 0 Å². The Morgan fingerprint density at radius 3 is 3.25 bits per heavy atom. The first-order valence-electron chi connectivity index (χ1n) is 2.94. The highest BCUT2D eigenvalue weighted by atomic mass is 16.1. The fraction of sp³-hybridized carbons (Fsp3) is 0.667. The molecule has 0 aromatic rings. The van der Waals surface area contributed by atoms with Crippen molar-refractivity contribution in [2.75, 3.05) is 6.54 Å². The highest BCUT2D eigenvalue weighted by Crippen LogP contribution is 2.02. The lowest BCUT2D eigenvalue weighted by Crippen LogP contribution is -2.13. The van der Waals surface area contributed by atoms with Crippen LogP contribution in [0.1, 0.15) is 19.3 Å². The molecule has 0 N–H and O–H groups in total. The van der Waals surface area contributed by atoms with E-state index >= 15 is 0 Å². The summed E-state index contributed by atoms with van der Waals surface area (Å²) in [5.41, 5.74) is 0. The quantitative estimate of drug-likeness (QED) is 0.448. The number of hydrogen-bond donors (Lipinski definition) is 0. The molecule has 1 fully saturated rings. The van der Waals surface area contributed by atoms with Crippen LogP contribution in [0.4, 0.5) is 0 Å². The van der Waals surface area contributed by atoms with Crippen molar-refractivity contribution in [3.8, 4) is 0 Å². The summed E-state index contributed by atoms with van der Waals surface area (Å²) in [6.07, 6.45) is 4.77. The highest BCUT2D eigenvalue weighted by molar-refractivity contribution is 5.84. The maximum Gasteiger partial charge on any atom is 0.245 e. The first kappa shape index (κ1) is 5.60. The van der Waals surface area contributed by atoms with E-state index in [-0.39, 0.29) is 5.91 Å². The first-order valence-corrected chi connectivity index (χ1v) is 2.94. The predicted molar refractivity (Wildman–Crippen MR) is 30.2 cm³/mol. The number of carbonyl (C=O) groups is 1. The van der Waals surface area contributed by atoms with Crippen LogP contribution in [0.2, 0.25) is 0 Å². The van der Waals surface area contributed by atoms with Crippen molar-refractivity contribution in [1.29, 1.82) is 0 Å². The summed E-state index contributed by atoms with van der Waals surface area (Å²) in [5, 5.41) is 3.73. The van der Waals surface area contributed by atoms with Gasteiger partial charge in [0.05, 0.1) is 6.42 Å². The summed E-state index contributed by atoms with van der Waals surface area (Å²) in [7, 11) is 0. The molecular formula is C6H9NO. The van der Waals surface area contributed by atoms with Crippen LogP contribution in [-0.2, 0) is 4.79 Å². The zero-order chi connectivity index (χ0) is 5.82. The molecule has 0 bridgehead atoms. The van der Waals surface area contributed by atoms with Crippen molar-refractivity contribution in [2.24, 2.45) is 0 Å². The third-order valence-corrected chi connectivity index (χ3v) is 1.20. The maximum atomic E-state index is 10.5. The topological polar surface area (TPSA) is 31.2 Å². The minimum absolute atomic E-state index is 0.0255. The zero-order valence-corrected chi connectivity index (χ0v) is 4.76. The molecule has 1 aliphatic heterocycles. The molecule has 1 rings (SSSR count). The van der Waals surface area contributed by atoms with Crippen molar-refractivity contribution in [3.63, 3.8) is 0 Å². The molecule has 8 heavy (non-hydrogen) atoms. The smallest absolute Gasteiger partial charge is 0.245 e. The molecule has 2 heteroatoms. The normalized spacial score (nSPS) is 21.8. The molecule has 1 saturated heterocycles. The molecule has 1 aliphatic rings. The Balaban J connectivity index is 2.27. The average Bonchev–Trinajstić information content (AvgIpc) is 1.94. The Bertz CT molecular complexity index is 80.5. The minimum Gasteiger partial charge on any atom is -0.273 e. The van der Waals surface area contributed by atoms with Crippen molar-refractivity contribution in [3.05, 3.63) is 6.42 Å². The van der Waals surface area contributed by atoms with Gasteiger partial charge in [-0.05, 0) is 12.8 Å². The number of carbonyl (C=O) groups excluding carboxylic acids is 1. The second-order valence-corrected chi connectivity index (χ2v) is 1.92. The largest absolute Gasteiger partial charge is 0.273 e. The van der Waals surface area contributed by atoms with Gasteiger partial charge < -0.3 is 0 Å². The van der Waals surface area contributed by atoms with Crippen LogP contribution in [0.3, 0.4) is 0 Å². The van der Waals surface area contributed by atoms with Gasteiger partial charge in [0.1, 0.15) is 0 Å². The van der Waals surface area contributed by atoms with Gasteiger partial charge in [-0.3, -0.25) is 10.1 Å². The monoisotopic (exact) mass is 111 g/mol. The van der Waals surface area contributed by atoms with Gasteiger partial charge in [0.2, 0.25) is 5.91 Å². The Hall–Kier alpha value is -0.530.